The van der Waals surface area contributed by atoms with Crippen molar-refractivity contribution in [1.29, 1.82) is 0 Å². The zero-order valence-corrected chi connectivity index (χ0v) is 13.4. The summed E-state index contributed by atoms with van der Waals surface area (Å²) < 4.78 is 19.0. The fraction of sp³-hybridized carbons (Fsp3) is 0.200. The second kappa shape index (κ2) is 7.64. The number of hydrogen-bond donors (Lipinski definition) is 2. The van der Waals surface area contributed by atoms with Crippen LogP contribution in [0.2, 0.25) is 5.02 Å². The van der Waals surface area contributed by atoms with E-state index in [1.807, 2.05) is 12.1 Å². The third kappa shape index (κ3) is 5.19. The van der Waals surface area contributed by atoms with Gasteiger partial charge >= 0.3 is 0 Å². The Morgan fingerprint density at radius 1 is 1.24 bits per heavy atom. The highest BCUT2D eigenvalue weighted by atomic mass is 79.9. The van der Waals surface area contributed by atoms with Crippen LogP contribution < -0.4 is 10.1 Å². The van der Waals surface area contributed by atoms with Gasteiger partial charge in [0.25, 0.3) is 0 Å². The lowest BCUT2D eigenvalue weighted by Gasteiger charge is -2.15. The molecule has 0 saturated carbocycles. The number of rotatable bonds is 6. The Morgan fingerprint density at radius 2 is 1.95 bits per heavy atom. The van der Waals surface area contributed by atoms with Crippen molar-refractivity contribution in [3.8, 4) is 5.75 Å². The van der Waals surface area contributed by atoms with Crippen molar-refractivity contribution in [1.82, 2.24) is 0 Å². The van der Waals surface area contributed by atoms with E-state index in [9.17, 15) is 9.50 Å². The van der Waals surface area contributed by atoms with Crippen LogP contribution in [-0.4, -0.2) is 24.4 Å². The molecule has 6 heteroatoms. The summed E-state index contributed by atoms with van der Waals surface area (Å²) in [5.74, 6) is 0.185. The van der Waals surface area contributed by atoms with Crippen LogP contribution in [0.25, 0.3) is 0 Å². The van der Waals surface area contributed by atoms with Crippen LogP contribution >= 0.6 is 27.5 Å². The summed E-state index contributed by atoms with van der Waals surface area (Å²) in [5.41, 5.74) is 0.729. The van der Waals surface area contributed by atoms with E-state index in [0.29, 0.717) is 10.8 Å². The maximum atomic E-state index is 12.7. The molecule has 0 aromatic heterocycles. The van der Waals surface area contributed by atoms with Gasteiger partial charge in [0.05, 0.1) is 10.7 Å². The van der Waals surface area contributed by atoms with Crippen LogP contribution in [0.4, 0.5) is 10.1 Å². The van der Waals surface area contributed by atoms with Crippen molar-refractivity contribution in [3.05, 3.63) is 57.8 Å². The van der Waals surface area contributed by atoms with Crippen molar-refractivity contribution in [2.45, 2.75) is 6.10 Å². The van der Waals surface area contributed by atoms with Crippen LogP contribution in [0.3, 0.4) is 0 Å². The van der Waals surface area contributed by atoms with Gasteiger partial charge in [-0.05, 0) is 42.5 Å². The Labute approximate surface area is 135 Å². The predicted octanol–water partition coefficient (Wildman–Crippen LogP) is 4.09. The molecule has 0 bridgehead atoms. The third-order valence-electron chi connectivity index (χ3n) is 2.71. The molecular weight excluding hydrogens is 361 g/mol. The van der Waals surface area contributed by atoms with Gasteiger partial charge in [0.1, 0.15) is 24.3 Å². The molecule has 0 fully saturated rings. The Bertz CT molecular complexity index is 595. The molecule has 0 heterocycles. The highest BCUT2D eigenvalue weighted by molar-refractivity contribution is 9.10. The average Bonchev–Trinajstić information content (AvgIpc) is 2.47. The van der Waals surface area contributed by atoms with Crippen LogP contribution in [0.5, 0.6) is 5.75 Å². The average molecular weight is 375 g/mol. The second-order valence-corrected chi connectivity index (χ2v) is 5.75. The van der Waals surface area contributed by atoms with E-state index >= 15 is 0 Å². The summed E-state index contributed by atoms with van der Waals surface area (Å²) >= 11 is 9.39. The van der Waals surface area contributed by atoms with E-state index < -0.39 is 6.10 Å². The monoisotopic (exact) mass is 373 g/mol. The first kappa shape index (κ1) is 16.1. The van der Waals surface area contributed by atoms with Gasteiger partial charge in [0.2, 0.25) is 0 Å². The van der Waals surface area contributed by atoms with Crippen molar-refractivity contribution in [3.63, 3.8) is 0 Å². The first-order valence-electron chi connectivity index (χ1n) is 6.30. The number of ether oxygens (including phenoxy) is 1. The Kier molecular flexibility index (Phi) is 5.85. The zero-order chi connectivity index (χ0) is 15.2. The minimum atomic E-state index is -0.717. The molecule has 2 aromatic rings. The van der Waals surface area contributed by atoms with Crippen molar-refractivity contribution >= 4 is 33.2 Å². The molecule has 21 heavy (non-hydrogen) atoms. The SMILES string of the molecule is OC(CNc1cc(Br)ccc1Cl)COc1ccc(F)cc1. The van der Waals surface area contributed by atoms with Gasteiger partial charge in [-0.2, -0.15) is 0 Å². The molecule has 1 atom stereocenters. The molecule has 112 valence electrons. The quantitative estimate of drug-likeness (QED) is 0.800. The molecule has 2 N–H and O–H groups in total. The van der Waals surface area contributed by atoms with Crippen LogP contribution in [0.1, 0.15) is 0 Å². The molecule has 0 aliphatic heterocycles. The number of nitrogens with one attached hydrogen (secondary N) is 1. The van der Waals surface area contributed by atoms with Gasteiger partial charge in [-0.25, -0.2) is 4.39 Å². The number of anilines is 1. The minimum Gasteiger partial charge on any atom is -0.491 e. The lowest BCUT2D eigenvalue weighted by Crippen LogP contribution is -2.26. The third-order valence-corrected chi connectivity index (χ3v) is 3.54. The standard InChI is InChI=1S/C15H14BrClFNO2/c16-10-1-6-14(17)15(7-10)19-8-12(20)9-21-13-4-2-11(18)3-5-13/h1-7,12,19-20H,8-9H2. The summed E-state index contributed by atoms with van der Waals surface area (Å²) in [6.45, 7) is 0.390. The number of halogens is 3. The van der Waals surface area contributed by atoms with Gasteiger partial charge in [-0.1, -0.05) is 27.5 Å². The Morgan fingerprint density at radius 3 is 2.67 bits per heavy atom. The van der Waals surface area contributed by atoms with Gasteiger partial charge in [-0.15, -0.1) is 0 Å². The van der Waals surface area contributed by atoms with Crippen LogP contribution in [0, 0.1) is 5.82 Å². The van der Waals surface area contributed by atoms with Crippen LogP contribution in [0.15, 0.2) is 46.9 Å². The van der Waals surface area contributed by atoms with E-state index in [4.69, 9.17) is 16.3 Å². The molecule has 1 unspecified atom stereocenters. The molecule has 3 nitrogen and oxygen atoms in total. The lowest BCUT2D eigenvalue weighted by atomic mass is 10.3. The summed E-state index contributed by atoms with van der Waals surface area (Å²) in [6.07, 6.45) is -0.717. The molecule has 0 amide bonds. The summed E-state index contributed by atoms with van der Waals surface area (Å²) in [5, 5.41) is 13.5. The summed E-state index contributed by atoms with van der Waals surface area (Å²) in [7, 11) is 0. The molecule has 0 aliphatic carbocycles. The zero-order valence-electron chi connectivity index (χ0n) is 11.0. The first-order chi connectivity index (χ1) is 10.0. The fourth-order valence-electron chi connectivity index (χ4n) is 1.64. The molecule has 0 spiro atoms. The number of benzene rings is 2. The maximum absolute atomic E-state index is 12.7. The molecule has 0 aliphatic rings. The Hall–Kier alpha value is -1.30. The van der Waals surface area contributed by atoms with E-state index in [-0.39, 0.29) is 19.0 Å². The van der Waals surface area contributed by atoms with Gasteiger partial charge in [-0.3, -0.25) is 0 Å². The molecular formula is C15H14BrClFNO2. The van der Waals surface area contributed by atoms with E-state index in [0.717, 1.165) is 10.2 Å². The number of aliphatic hydroxyl groups is 1. The number of aliphatic hydroxyl groups excluding tert-OH is 1. The van der Waals surface area contributed by atoms with Gasteiger partial charge in [0.15, 0.2) is 0 Å². The van der Waals surface area contributed by atoms with Crippen molar-refractivity contribution in [2.75, 3.05) is 18.5 Å². The highest BCUT2D eigenvalue weighted by Crippen LogP contribution is 2.25. The van der Waals surface area contributed by atoms with Gasteiger partial charge in [0, 0.05) is 11.0 Å². The van der Waals surface area contributed by atoms with Gasteiger partial charge < -0.3 is 15.2 Å². The largest absolute Gasteiger partial charge is 0.491 e. The lowest BCUT2D eigenvalue weighted by molar-refractivity contribution is 0.117. The summed E-state index contributed by atoms with van der Waals surface area (Å²) in [6, 6.07) is 11.1. The normalized spacial score (nSPS) is 12.0. The topological polar surface area (TPSA) is 41.5 Å². The predicted molar refractivity (Wildman–Crippen MR) is 85.5 cm³/mol. The van der Waals surface area contributed by atoms with E-state index in [2.05, 4.69) is 21.2 Å². The van der Waals surface area contributed by atoms with E-state index in [1.54, 1.807) is 6.07 Å². The summed E-state index contributed by atoms with van der Waals surface area (Å²) in [4.78, 5) is 0. The van der Waals surface area contributed by atoms with Crippen molar-refractivity contribution in [2.24, 2.45) is 0 Å². The molecule has 0 radical (unpaired) electrons. The number of hydrogen-bond acceptors (Lipinski definition) is 3. The molecule has 0 saturated heterocycles. The fourth-order valence-corrected chi connectivity index (χ4v) is 2.19. The molecule has 2 aromatic carbocycles. The van der Waals surface area contributed by atoms with E-state index in [1.165, 1.54) is 24.3 Å². The minimum absolute atomic E-state index is 0.101. The first-order valence-corrected chi connectivity index (χ1v) is 7.47. The van der Waals surface area contributed by atoms with Crippen LogP contribution in [-0.2, 0) is 0 Å². The molecule has 2 rings (SSSR count). The van der Waals surface area contributed by atoms with Crippen molar-refractivity contribution < 1.29 is 14.2 Å². The Balaban J connectivity index is 1.80. The second-order valence-electron chi connectivity index (χ2n) is 4.42. The highest BCUT2D eigenvalue weighted by Gasteiger charge is 2.07. The maximum Gasteiger partial charge on any atom is 0.123 e. The smallest absolute Gasteiger partial charge is 0.123 e.